The van der Waals surface area contributed by atoms with Crippen LogP contribution >= 0.6 is 0 Å². The van der Waals surface area contributed by atoms with Crippen molar-refractivity contribution in [2.75, 3.05) is 0 Å². The summed E-state index contributed by atoms with van der Waals surface area (Å²) in [5.41, 5.74) is 0.276. The molecule has 0 fully saturated rings. The molecule has 0 saturated carbocycles. The Kier molecular flexibility index (Phi) is 3.09. The molecule has 1 aromatic carbocycles. The van der Waals surface area contributed by atoms with Crippen molar-refractivity contribution in [3.63, 3.8) is 0 Å². The van der Waals surface area contributed by atoms with Gasteiger partial charge in [0.1, 0.15) is 18.0 Å². The molecular formula is C15H18FN3O. The molecule has 0 spiro atoms. The molecule has 5 heteroatoms. The van der Waals surface area contributed by atoms with Gasteiger partial charge in [0.15, 0.2) is 0 Å². The number of halogens is 1. The van der Waals surface area contributed by atoms with Gasteiger partial charge in [0.25, 0.3) is 0 Å². The van der Waals surface area contributed by atoms with Gasteiger partial charge in [-0.25, -0.2) is 14.1 Å². The topological polar surface area (TPSA) is 50.9 Å². The van der Waals surface area contributed by atoms with E-state index in [-0.39, 0.29) is 11.9 Å². The summed E-state index contributed by atoms with van der Waals surface area (Å²) in [7, 11) is 0. The van der Waals surface area contributed by atoms with Crippen molar-refractivity contribution in [3.8, 4) is 0 Å². The van der Waals surface area contributed by atoms with Gasteiger partial charge in [-0.2, -0.15) is 5.10 Å². The van der Waals surface area contributed by atoms with Crippen molar-refractivity contribution >= 4 is 0 Å². The fourth-order valence-corrected chi connectivity index (χ4v) is 2.99. The van der Waals surface area contributed by atoms with Crippen LogP contribution in [0.25, 0.3) is 0 Å². The molecule has 0 aliphatic heterocycles. The predicted molar refractivity (Wildman–Crippen MR) is 72.7 cm³/mol. The summed E-state index contributed by atoms with van der Waals surface area (Å²) in [5, 5.41) is 15.1. The molecule has 1 aliphatic carbocycles. The van der Waals surface area contributed by atoms with Crippen LogP contribution in [0.4, 0.5) is 4.39 Å². The first kappa shape index (κ1) is 13.2. The molecule has 0 amide bonds. The maximum Gasteiger partial charge on any atom is 0.138 e. The SMILES string of the molecule is CC(C)n1ncnc1CC1(O)CCc2c(F)cccc21. The van der Waals surface area contributed by atoms with Gasteiger partial charge in [-0.05, 0) is 43.9 Å². The fraction of sp³-hybridized carbons (Fsp3) is 0.467. The summed E-state index contributed by atoms with van der Waals surface area (Å²) in [6.07, 6.45) is 2.95. The van der Waals surface area contributed by atoms with Crippen LogP contribution in [0.15, 0.2) is 24.5 Å². The standard InChI is InChI=1S/C15H18FN3O/c1-10(2)19-14(17-9-18-19)8-15(20)7-6-11-12(15)4-3-5-13(11)16/h3-5,9-10,20H,6-8H2,1-2H3. The van der Waals surface area contributed by atoms with Crippen LogP contribution in [-0.2, 0) is 18.4 Å². The molecule has 3 rings (SSSR count). The lowest BCUT2D eigenvalue weighted by atomic mass is 9.92. The number of aromatic nitrogens is 3. The van der Waals surface area contributed by atoms with Crippen molar-refractivity contribution in [3.05, 3.63) is 47.3 Å². The summed E-state index contributed by atoms with van der Waals surface area (Å²) in [6, 6.07) is 5.09. The number of benzene rings is 1. The molecule has 1 aliphatic rings. The summed E-state index contributed by atoms with van der Waals surface area (Å²) in [5.74, 6) is 0.503. The minimum atomic E-state index is -1.04. The van der Waals surface area contributed by atoms with Crippen LogP contribution < -0.4 is 0 Å². The molecule has 0 saturated heterocycles. The van der Waals surface area contributed by atoms with Crippen LogP contribution in [0.2, 0.25) is 0 Å². The van der Waals surface area contributed by atoms with E-state index < -0.39 is 5.60 Å². The third-order valence-electron chi connectivity index (χ3n) is 4.00. The zero-order valence-electron chi connectivity index (χ0n) is 11.7. The summed E-state index contributed by atoms with van der Waals surface area (Å²) >= 11 is 0. The average Bonchev–Trinajstić information content (AvgIpc) is 2.97. The predicted octanol–water partition coefficient (Wildman–Crippen LogP) is 2.37. The lowest BCUT2D eigenvalue weighted by Gasteiger charge is -2.24. The summed E-state index contributed by atoms with van der Waals surface area (Å²) < 4.78 is 15.6. The smallest absolute Gasteiger partial charge is 0.138 e. The quantitative estimate of drug-likeness (QED) is 0.935. The number of aliphatic hydroxyl groups is 1. The molecule has 0 radical (unpaired) electrons. The van der Waals surface area contributed by atoms with Gasteiger partial charge in [-0.1, -0.05) is 12.1 Å². The third-order valence-corrected chi connectivity index (χ3v) is 4.00. The maximum atomic E-state index is 13.8. The third kappa shape index (κ3) is 2.02. The van der Waals surface area contributed by atoms with Gasteiger partial charge < -0.3 is 5.11 Å². The summed E-state index contributed by atoms with van der Waals surface area (Å²) in [6.45, 7) is 4.04. The van der Waals surface area contributed by atoms with E-state index in [9.17, 15) is 9.50 Å². The molecule has 0 bridgehead atoms. The van der Waals surface area contributed by atoms with Gasteiger partial charge in [0.05, 0.1) is 5.60 Å². The molecule has 4 nitrogen and oxygen atoms in total. The first-order chi connectivity index (χ1) is 9.51. The molecule has 2 aromatic rings. The van der Waals surface area contributed by atoms with Crippen molar-refractivity contribution in [2.24, 2.45) is 0 Å². The molecule has 20 heavy (non-hydrogen) atoms. The molecule has 1 heterocycles. The number of hydrogen-bond acceptors (Lipinski definition) is 3. The highest BCUT2D eigenvalue weighted by Gasteiger charge is 2.39. The van der Waals surface area contributed by atoms with Crippen LogP contribution in [0.5, 0.6) is 0 Å². The Bertz CT molecular complexity index is 638. The van der Waals surface area contributed by atoms with Gasteiger partial charge in [-0.15, -0.1) is 0 Å². The first-order valence-corrected chi connectivity index (χ1v) is 6.90. The number of nitrogens with zero attached hydrogens (tertiary/aromatic N) is 3. The zero-order valence-corrected chi connectivity index (χ0v) is 11.7. The van der Waals surface area contributed by atoms with Crippen molar-refractivity contribution in [2.45, 2.75) is 44.8 Å². The number of rotatable bonds is 3. The maximum absolute atomic E-state index is 13.8. The Morgan fingerprint density at radius 1 is 1.45 bits per heavy atom. The average molecular weight is 275 g/mol. The van der Waals surface area contributed by atoms with E-state index in [0.717, 1.165) is 5.82 Å². The lowest BCUT2D eigenvalue weighted by molar-refractivity contribution is 0.0355. The van der Waals surface area contributed by atoms with Crippen LogP contribution in [0.3, 0.4) is 0 Å². The highest BCUT2D eigenvalue weighted by atomic mass is 19.1. The Morgan fingerprint density at radius 3 is 3.00 bits per heavy atom. The van der Waals surface area contributed by atoms with E-state index >= 15 is 0 Å². The van der Waals surface area contributed by atoms with E-state index in [1.54, 1.807) is 10.7 Å². The zero-order chi connectivity index (χ0) is 14.3. The first-order valence-electron chi connectivity index (χ1n) is 6.90. The highest BCUT2D eigenvalue weighted by molar-refractivity contribution is 5.38. The minimum Gasteiger partial charge on any atom is -0.385 e. The Morgan fingerprint density at radius 2 is 2.25 bits per heavy atom. The number of hydrogen-bond donors (Lipinski definition) is 1. The van der Waals surface area contributed by atoms with Gasteiger partial charge in [0, 0.05) is 12.5 Å². The Labute approximate surface area is 117 Å². The van der Waals surface area contributed by atoms with E-state index in [1.165, 1.54) is 12.4 Å². The minimum absolute atomic E-state index is 0.185. The second kappa shape index (κ2) is 4.66. The lowest BCUT2D eigenvalue weighted by Crippen LogP contribution is -2.27. The van der Waals surface area contributed by atoms with Crippen LogP contribution in [-0.4, -0.2) is 19.9 Å². The van der Waals surface area contributed by atoms with E-state index in [4.69, 9.17) is 0 Å². The molecule has 1 atom stereocenters. The van der Waals surface area contributed by atoms with Crippen LogP contribution in [0.1, 0.15) is 43.3 Å². The normalized spacial score (nSPS) is 21.4. The monoisotopic (exact) mass is 275 g/mol. The molecule has 1 aromatic heterocycles. The highest BCUT2D eigenvalue weighted by Crippen LogP contribution is 2.40. The van der Waals surface area contributed by atoms with Crippen molar-refractivity contribution in [1.29, 1.82) is 0 Å². The Hall–Kier alpha value is -1.75. The van der Waals surface area contributed by atoms with E-state index in [1.807, 2.05) is 19.9 Å². The second-order valence-electron chi connectivity index (χ2n) is 5.69. The molecule has 106 valence electrons. The van der Waals surface area contributed by atoms with E-state index in [2.05, 4.69) is 10.1 Å². The second-order valence-corrected chi connectivity index (χ2v) is 5.69. The largest absolute Gasteiger partial charge is 0.385 e. The van der Waals surface area contributed by atoms with Crippen molar-refractivity contribution < 1.29 is 9.50 Å². The van der Waals surface area contributed by atoms with Crippen LogP contribution in [0, 0.1) is 5.82 Å². The molecule has 1 unspecified atom stereocenters. The Balaban J connectivity index is 1.96. The summed E-state index contributed by atoms with van der Waals surface area (Å²) in [4.78, 5) is 4.24. The van der Waals surface area contributed by atoms with Gasteiger partial charge in [-0.3, -0.25) is 0 Å². The van der Waals surface area contributed by atoms with Gasteiger partial charge >= 0.3 is 0 Å². The number of fused-ring (bicyclic) bond motifs is 1. The van der Waals surface area contributed by atoms with E-state index in [0.29, 0.717) is 30.4 Å². The molecule has 1 N–H and O–H groups in total. The van der Waals surface area contributed by atoms with Crippen molar-refractivity contribution in [1.82, 2.24) is 14.8 Å². The van der Waals surface area contributed by atoms with Gasteiger partial charge in [0.2, 0.25) is 0 Å². The molecular weight excluding hydrogens is 257 g/mol. The fourth-order valence-electron chi connectivity index (χ4n) is 2.99.